The monoisotopic (exact) mass is 277 g/mol. The smallest absolute Gasteiger partial charge is 0.276 e. The Labute approximate surface area is 117 Å². The molecule has 3 heterocycles. The van der Waals surface area contributed by atoms with Gasteiger partial charge in [-0.2, -0.15) is 11.8 Å². The molecular formula is C14H19N3OS. The van der Waals surface area contributed by atoms with Gasteiger partial charge in [-0.15, -0.1) is 0 Å². The summed E-state index contributed by atoms with van der Waals surface area (Å²) in [6.45, 7) is 7.33. The number of fused-ring (bicyclic) bond motifs is 1. The molecule has 19 heavy (non-hydrogen) atoms. The number of rotatable bonds is 1. The lowest BCUT2D eigenvalue weighted by Gasteiger charge is -2.39. The summed E-state index contributed by atoms with van der Waals surface area (Å²) < 4.78 is 1.71. The molecule has 1 N–H and O–H groups in total. The second kappa shape index (κ2) is 4.34. The Bertz CT molecular complexity index is 616. The van der Waals surface area contributed by atoms with E-state index in [1.54, 1.807) is 16.4 Å². The molecule has 5 heteroatoms. The minimum Gasteiger partial charge on any atom is -0.348 e. The second-order valence-electron chi connectivity index (χ2n) is 5.94. The van der Waals surface area contributed by atoms with Crippen molar-refractivity contribution in [2.24, 2.45) is 0 Å². The number of H-pyrrole nitrogens is 1. The third-order valence-corrected chi connectivity index (χ3v) is 4.54. The van der Waals surface area contributed by atoms with Crippen LogP contribution in [0.1, 0.15) is 32.0 Å². The van der Waals surface area contributed by atoms with Crippen LogP contribution in [0.25, 0.3) is 5.82 Å². The predicted octanol–water partition coefficient (Wildman–Crippen LogP) is 2.39. The maximum Gasteiger partial charge on any atom is 0.276 e. The highest BCUT2D eigenvalue weighted by molar-refractivity contribution is 7.98. The molecule has 0 bridgehead atoms. The van der Waals surface area contributed by atoms with E-state index in [1.165, 1.54) is 0 Å². The van der Waals surface area contributed by atoms with Gasteiger partial charge < -0.3 is 4.90 Å². The molecule has 0 unspecified atom stereocenters. The van der Waals surface area contributed by atoms with Gasteiger partial charge in [0.15, 0.2) is 0 Å². The Balaban J connectivity index is 2.08. The highest BCUT2D eigenvalue weighted by Crippen LogP contribution is 2.29. The number of thioether (sulfide) groups is 1. The second-order valence-corrected chi connectivity index (χ2v) is 6.92. The number of allylic oxidation sites excluding steroid dienone is 2. The number of hydrogen-bond acceptors (Lipinski definition) is 3. The minimum absolute atomic E-state index is 0.0136. The first kappa shape index (κ1) is 12.7. The molecule has 2 aliphatic heterocycles. The molecule has 0 saturated heterocycles. The average molecular weight is 277 g/mol. The summed E-state index contributed by atoms with van der Waals surface area (Å²) in [6.07, 6.45) is 6.14. The SMILES string of the molecule is CC(C)(C)N1CC=CC=C1n1[nH]c2c(c1=O)CSC2. The molecule has 0 spiro atoms. The van der Waals surface area contributed by atoms with Crippen molar-refractivity contribution >= 4 is 17.6 Å². The summed E-state index contributed by atoms with van der Waals surface area (Å²) in [5.41, 5.74) is 2.12. The van der Waals surface area contributed by atoms with Crippen LogP contribution >= 0.6 is 11.8 Å². The highest BCUT2D eigenvalue weighted by Gasteiger charge is 2.28. The summed E-state index contributed by atoms with van der Waals surface area (Å²) in [5, 5.41) is 3.27. The van der Waals surface area contributed by atoms with Crippen molar-refractivity contribution in [1.29, 1.82) is 0 Å². The van der Waals surface area contributed by atoms with Gasteiger partial charge in [0.1, 0.15) is 5.82 Å². The van der Waals surface area contributed by atoms with Crippen LogP contribution in [0.2, 0.25) is 0 Å². The van der Waals surface area contributed by atoms with Crippen LogP contribution in [0.5, 0.6) is 0 Å². The van der Waals surface area contributed by atoms with Gasteiger partial charge in [-0.25, -0.2) is 4.68 Å². The molecule has 1 aromatic rings. The third-order valence-electron chi connectivity index (χ3n) is 3.55. The summed E-state index contributed by atoms with van der Waals surface area (Å²) >= 11 is 1.79. The van der Waals surface area contributed by atoms with E-state index in [0.29, 0.717) is 0 Å². The van der Waals surface area contributed by atoms with Crippen molar-refractivity contribution in [3.8, 4) is 0 Å². The van der Waals surface area contributed by atoms with Gasteiger partial charge >= 0.3 is 0 Å². The molecule has 0 radical (unpaired) electrons. The quantitative estimate of drug-likeness (QED) is 0.857. The van der Waals surface area contributed by atoms with Crippen molar-refractivity contribution < 1.29 is 0 Å². The Morgan fingerprint density at radius 2 is 2.11 bits per heavy atom. The van der Waals surface area contributed by atoms with Gasteiger partial charge in [0, 0.05) is 23.6 Å². The largest absolute Gasteiger partial charge is 0.348 e. The highest BCUT2D eigenvalue weighted by atomic mass is 32.2. The number of nitrogens with one attached hydrogen (secondary N) is 1. The lowest BCUT2D eigenvalue weighted by atomic mass is 10.1. The van der Waals surface area contributed by atoms with Crippen molar-refractivity contribution in [1.82, 2.24) is 14.7 Å². The molecule has 0 aromatic carbocycles. The predicted molar refractivity (Wildman–Crippen MR) is 79.9 cm³/mol. The van der Waals surface area contributed by atoms with Crippen LogP contribution in [0.3, 0.4) is 0 Å². The van der Waals surface area contributed by atoms with Crippen molar-refractivity contribution in [3.05, 3.63) is 39.8 Å². The number of aromatic nitrogens is 2. The van der Waals surface area contributed by atoms with E-state index in [9.17, 15) is 4.79 Å². The van der Waals surface area contributed by atoms with E-state index < -0.39 is 0 Å². The first-order chi connectivity index (χ1) is 8.98. The van der Waals surface area contributed by atoms with E-state index >= 15 is 0 Å². The summed E-state index contributed by atoms with van der Waals surface area (Å²) in [5.74, 6) is 2.69. The minimum atomic E-state index is -0.0136. The van der Waals surface area contributed by atoms with Crippen molar-refractivity contribution in [2.75, 3.05) is 6.54 Å². The fourth-order valence-electron chi connectivity index (χ4n) is 2.52. The summed E-state index contributed by atoms with van der Waals surface area (Å²) in [7, 11) is 0. The molecule has 0 aliphatic carbocycles. The Morgan fingerprint density at radius 1 is 1.32 bits per heavy atom. The fourth-order valence-corrected chi connectivity index (χ4v) is 3.57. The Hall–Kier alpha value is -1.36. The molecule has 0 amide bonds. The van der Waals surface area contributed by atoms with Gasteiger partial charge in [-0.3, -0.25) is 9.89 Å². The topological polar surface area (TPSA) is 41.0 Å². The van der Waals surface area contributed by atoms with Crippen LogP contribution in [0.4, 0.5) is 0 Å². The van der Waals surface area contributed by atoms with Gasteiger partial charge in [0.05, 0.1) is 11.3 Å². The van der Waals surface area contributed by atoms with Crippen molar-refractivity contribution in [3.63, 3.8) is 0 Å². The maximum absolute atomic E-state index is 12.5. The number of hydrogen-bond donors (Lipinski definition) is 1. The molecule has 3 rings (SSSR count). The van der Waals surface area contributed by atoms with E-state index in [0.717, 1.165) is 35.1 Å². The normalized spacial score (nSPS) is 18.7. The van der Waals surface area contributed by atoms with Gasteiger partial charge in [-0.1, -0.05) is 12.2 Å². The first-order valence-electron chi connectivity index (χ1n) is 6.54. The summed E-state index contributed by atoms with van der Waals surface area (Å²) in [4.78, 5) is 14.7. The van der Waals surface area contributed by atoms with E-state index in [-0.39, 0.29) is 11.1 Å². The van der Waals surface area contributed by atoms with Crippen LogP contribution in [0.15, 0.2) is 23.0 Å². The van der Waals surface area contributed by atoms with Gasteiger partial charge in [0.2, 0.25) is 0 Å². The lowest BCUT2D eigenvalue weighted by Crippen LogP contribution is -2.44. The number of aromatic amines is 1. The molecule has 4 nitrogen and oxygen atoms in total. The Morgan fingerprint density at radius 3 is 2.79 bits per heavy atom. The molecule has 0 fully saturated rings. The van der Waals surface area contributed by atoms with Crippen LogP contribution < -0.4 is 5.56 Å². The average Bonchev–Trinajstić information content (AvgIpc) is 2.92. The third kappa shape index (κ3) is 2.06. The van der Waals surface area contributed by atoms with E-state index in [4.69, 9.17) is 0 Å². The fraction of sp³-hybridized carbons (Fsp3) is 0.500. The maximum atomic E-state index is 12.5. The lowest BCUT2D eigenvalue weighted by molar-refractivity contribution is 0.226. The summed E-state index contributed by atoms with van der Waals surface area (Å²) in [6, 6.07) is 0. The molecule has 1 aromatic heterocycles. The van der Waals surface area contributed by atoms with Gasteiger partial charge in [0.25, 0.3) is 5.56 Å². The van der Waals surface area contributed by atoms with Gasteiger partial charge in [-0.05, 0) is 26.8 Å². The molecular weight excluding hydrogens is 258 g/mol. The molecule has 102 valence electrons. The van der Waals surface area contributed by atoms with Crippen LogP contribution in [-0.2, 0) is 11.5 Å². The standard InChI is InChI=1S/C14H19N3OS/c1-14(2,3)16-7-5-4-6-12(16)17-13(18)10-8-19-9-11(10)15-17/h4-6,15H,7-9H2,1-3H3. The van der Waals surface area contributed by atoms with Crippen LogP contribution in [-0.4, -0.2) is 26.8 Å². The first-order valence-corrected chi connectivity index (χ1v) is 7.69. The number of nitrogens with zero attached hydrogens (tertiary/aromatic N) is 2. The van der Waals surface area contributed by atoms with E-state index in [2.05, 4.69) is 36.8 Å². The zero-order chi connectivity index (χ0) is 13.6. The van der Waals surface area contributed by atoms with Crippen LogP contribution in [0, 0.1) is 0 Å². The molecule has 2 aliphatic rings. The molecule has 0 saturated carbocycles. The molecule has 0 atom stereocenters. The van der Waals surface area contributed by atoms with E-state index in [1.807, 2.05) is 12.2 Å². The Kier molecular flexibility index (Phi) is 2.89. The zero-order valence-electron chi connectivity index (χ0n) is 11.6. The zero-order valence-corrected chi connectivity index (χ0v) is 12.4. The van der Waals surface area contributed by atoms with Crippen molar-refractivity contribution in [2.45, 2.75) is 37.8 Å².